The molecule has 4 rings (SSSR count). The minimum atomic E-state index is -0.925. The third-order valence-corrected chi connectivity index (χ3v) is 5.99. The van der Waals surface area contributed by atoms with Gasteiger partial charge in [-0.15, -0.1) is 0 Å². The van der Waals surface area contributed by atoms with E-state index in [2.05, 4.69) is 15.4 Å². The van der Waals surface area contributed by atoms with Crippen LogP contribution in [-0.2, 0) is 11.2 Å². The number of nitrogens with zero attached hydrogens (tertiary/aromatic N) is 2. The summed E-state index contributed by atoms with van der Waals surface area (Å²) < 4.78 is 32.8. The molecule has 1 atom stereocenters. The standard InChI is InChI=1S/C23H25F2N3O2/c1-23(2,28-11-5-6-12-28)22(15-9-10-17(24)18(25)13-15)26-21(29)14-19-16-7-3-4-8-20(16)30-27-19/h3-4,7-10,13,22H,5-6,11-12,14H2,1-2H3,(H,26,29). The lowest BCUT2D eigenvalue weighted by Crippen LogP contribution is -2.53. The Morgan fingerprint density at radius 2 is 1.90 bits per heavy atom. The van der Waals surface area contributed by atoms with E-state index in [0.717, 1.165) is 37.4 Å². The third-order valence-electron chi connectivity index (χ3n) is 5.99. The van der Waals surface area contributed by atoms with E-state index in [1.54, 1.807) is 6.07 Å². The lowest BCUT2D eigenvalue weighted by molar-refractivity contribution is -0.122. The molecule has 158 valence electrons. The molecule has 0 aliphatic carbocycles. The number of benzene rings is 2. The minimum Gasteiger partial charge on any atom is -0.356 e. The van der Waals surface area contributed by atoms with Gasteiger partial charge in [0.15, 0.2) is 17.2 Å². The molecule has 0 bridgehead atoms. The summed E-state index contributed by atoms with van der Waals surface area (Å²) in [5.41, 5.74) is 1.22. The quantitative estimate of drug-likeness (QED) is 0.652. The predicted molar refractivity (Wildman–Crippen MR) is 110 cm³/mol. The van der Waals surface area contributed by atoms with E-state index in [0.29, 0.717) is 16.8 Å². The van der Waals surface area contributed by atoms with Crippen molar-refractivity contribution in [1.82, 2.24) is 15.4 Å². The number of aromatic nitrogens is 1. The summed E-state index contributed by atoms with van der Waals surface area (Å²) in [5.74, 6) is -2.08. The molecule has 2 aromatic carbocycles. The van der Waals surface area contributed by atoms with Crippen molar-refractivity contribution in [1.29, 1.82) is 0 Å². The molecule has 2 heterocycles. The monoisotopic (exact) mass is 413 g/mol. The number of nitrogens with one attached hydrogen (secondary N) is 1. The first-order valence-corrected chi connectivity index (χ1v) is 10.2. The van der Waals surface area contributed by atoms with Gasteiger partial charge >= 0.3 is 0 Å². The highest BCUT2D eigenvalue weighted by atomic mass is 19.2. The smallest absolute Gasteiger partial charge is 0.226 e. The molecule has 0 saturated carbocycles. The van der Waals surface area contributed by atoms with Crippen LogP contribution in [0.4, 0.5) is 8.78 Å². The average molecular weight is 413 g/mol. The normalized spacial score (nSPS) is 16.1. The fraction of sp³-hybridized carbons (Fsp3) is 0.391. The van der Waals surface area contributed by atoms with Crippen molar-refractivity contribution in [2.24, 2.45) is 0 Å². The van der Waals surface area contributed by atoms with Gasteiger partial charge in [-0.05, 0) is 69.6 Å². The van der Waals surface area contributed by atoms with Gasteiger partial charge in [-0.25, -0.2) is 8.78 Å². The maximum Gasteiger partial charge on any atom is 0.226 e. The van der Waals surface area contributed by atoms with E-state index in [9.17, 15) is 13.6 Å². The van der Waals surface area contributed by atoms with Crippen LogP contribution in [0, 0.1) is 11.6 Å². The Labute approximate surface area is 174 Å². The molecule has 1 saturated heterocycles. The average Bonchev–Trinajstić information content (AvgIpc) is 3.39. The van der Waals surface area contributed by atoms with Crippen LogP contribution in [0.25, 0.3) is 11.0 Å². The van der Waals surface area contributed by atoms with Crippen LogP contribution in [0.3, 0.4) is 0 Å². The Hall–Kier alpha value is -2.80. The summed E-state index contributed by atoms with van der Waals surface area (Å²) >= 11 is 0. The molecule has 1 amide bonds. The molecular formula is C23H25F2N3O2. The molecule has 7 heteroatoms. The van der Waals surface area contributed by atoms with Crippen LogP contribution in [-0.4, -0.2) is 34.6 Å². The van der Waals surface area contributed by atoms with Crippen LogP contribution in [0.15, 0.2) is 47.0 Å². The lowest BCUT2D eigenvalue weighted by atomic mass is 9.86. The van der Waals surface area contributed by atoms with Crippen molar-refractivity contribution in [2.75, 3.05) is 13.1 Å². The summed E-state index contributed by atoms with van der Waals surface area (Å²) in [6.07, 6.45) is 2.19. The van der Waals surface area contributed by atoms with E-state index in [-0.39, 0.29) is 12.3 Å². The zero-order valence-corrected chi connectivity index (χ0v) is 17.1. The molecule has 1 aliphatic rings. The van der Waals surface area contributed by atoms with Gasteiger partial charge in [-0.3, -0.25) is 9.69 Å². The number of fused-ring (bicyclic) bond motifs is 1. The topological polar surface area (TPSA) is 58.4 Å². The van der Waals surface area contributed by atoms with Crippen molar-refractivity contribution in [2.45, 2.75) is 44.7 Å². The molecule has 30 heavy (non-hydrogen) atoms. The van der Waals surface area contributed by atoms with Crippen molar-refractivity contribution in [3.8, 4) is 0 Å². The van der Waals surface area contributed by atoms with Gasteiger partial charge in [0.1, 0.15) is 5.69 Å². The summed E-state index contributed by atoms with van der Waals surface area (Å²) in [7, 11) is 0. The molecular weight excluding hydrogens is 388 g/mol. The molecule has 1 unspecified atom stereocenters. The number of hydrogen-bond acceptors (Lipinski definition) is 4. The van der Waals surface area contributed by atoms with E-state index < -0.39 is 23.2 Å². The fourth-order valence-electron chi connectivity index (χ4n) is 4.27. The van der Waals surface area contributed by atoms with Crippen LogP contribution < -0.4 is 5.32 Å². The number of hydrogen-bond donors (Lipinski definition) is 1. The van der Waals surface area contributed by atoms with Crippen molar-refractivity contribution in [3.63, 3.8) is 0 Å². The highest BCUT2D eigenvalue weighted by Gasteiger charge is 2.39. The van der Waals surface area contributed by atoms with Gasteiger partial charge in [0.25, 0.3) is 0 Å². The number of rotatable bonds is 6. The first kappa shape index (κ1) is 20.5. The van der Waals surface area contributed by atoms with Gasteiger partial charge in [0.05, 0.1) is 12.5 Å². The maximum absolute atomic E-state index is 14.0. The van der Waals surface area contributed by atoms with Gasteiger partial charge in [-0.1, -0.05) is 23.4 Å². The fourth-order valence-corrected chi connectivity index (χ4v) is 4.27. The molecule has 1 N–H and O–H groups in total. The molecule has 0 radical (unpaired) electrons. The largest absolute Gasteiger partial charge is 0.356 e. The van der Waals surface area contributed by atoms with E-state index in [1.165, 1.54) is 12.1 Å². The number of carbonyl (C=O) groups excluding carboxylic acids is 1. The van der Waals surface area contributed by atoms with Gasteiger partial charge in [-0.2, -0.15) is 0 Å². The Morgan fingerprint density at radius 3 is 2.63 bits per heavy atom. The van der Waals surface area contributed by atoms with Crippen molar-refractivity contribution < 1.29 is 18.1 Å². The van der Waals surface area contributed by atoms with Crippen molar-refractivity contribution >= 4 is 16.9 Å². The number of para-hydroxylation sites is 1. The Kier molecular flexibility index (Phi) is 5.56. The highest BCUT2D eigenvalue weighted by molar-refractivity contribution is 5.86. The number of halogens is 2. The van der Waals surface area contributed by atoms with E-state index in [4.69, 9.17) is 4.52 Å². The zero-order chi connectivity index (χ0) is 21.3. The first-order valence-electron chi connectivity index (χ1n) is 10.2. The Balaban J connectivity index is 1.61. The Morgan fingerprint density at radius 1 is 1.17 bits per heavy atom. The third kappa shape index (κ3) is 3.94. The minimum absolute atomic E-state index is 0.0350. The predicted octanol–water partition coefficient (Wildman–Crippen LogP) is 4.38. The molecule has 1 aliphatic heterocycles. The molecule has 1 aromatic heterocycles. The number of carbonyl (C=O) groups is 1. The second-order valence-corrected chi connectivity index (χ2v) is 8.32. The zero-order valence-electron chi connectivity index (χ0n) is 17.1. The highest BCUT2D eigenvalue weighted by Crippen LogP contribution is 2.34. The first-order chi connectivity index (χ1) is 14.4. The van der Waals surface area contributed by atoms with Gasteiger partial charge < -0.3 is 9.84 Å². The van der Waals surface area contributed by atoms with Crippen LogP contribution >= 0.6 is 0 Å². The van der Waals surface area contributed by atoms with Crippen LogP contribution in [0.1, 0.15) is 44.0 Å². The molecule has 1 fully saturated rings. The van der Waals surface area contributed by atoms with Crippen molar-refractivity contribution in [3.05, 3.63) is 65.4 Å². The summed E-state index contributed by atoms with van der Waals surface area (Å²) in [6.45, 7) is 5.85. The second kappa shape index (κ2) is 8.14. The van der Waals surface area contributed by atoms with E-state index >= 15 is 0 Å². The van der Waals surface area contributed by atoms with Crippen LogP contribution in [0.5, 0.6) is 0 Å². The van der Waals surface area contributed by atoms with Gasteiger partial charge in [0.2, 0.25) is 5.91 Å². The van der Waals surface area contributed by atoms with E-state index in [1.807, 2.05) is 32.0 Å². The Bertz CT molecular complexity index is 1060. The molecule has 5 nitrogen and oxygen atoms in total. The molecule has 3 aromatic rings. The van der Waals surface area contributed by atoms with Crippen LogP contribution in [0.2, 0.25) is 0 Å². The second-order valence-electron chi connectivity index (χ2n) is 8.32. The molecule has 0 spiro atoms. The summed E-state index contributed by atoms with van der Waals surface area (Å²) in [6, 6.07) is 10.7. The summed E-state index contributed by atoms with van der Waals surface area (Å²) in [4.78, 5) is 15.3. The SMILES string of the molecule is CC(C)(C(NC(=O)Cc1noc2ccccc12)c1ccc(F)c(F)c1)N1CCCC1. The lowest BCUT2D eigenvalue weighted by Gasteiger charge is -2.42. The maximum atomic E-state index is 14.0. The number of likely N-dealkylation sites (tertiary alicyclic amines) is 1. The number of amides is 1. The summed E-state index contributed by atoms with van der Waals surface area (Å²) in [5, 5.41) is 7.86. The van der Waals surface area contributed by atoms with Gasteiger partial charge in [0, 0.05) is 10.9 Å².